The fourth-order valence-corrected chi connectivity index (χ4v) is 5.08. The Balaban J connectivity index is 1.41. The van der Waals surface area contributed by atoms with Crippen molar-refractivity contribution in [2.45, 2.75) is 11.4 Å². The van der Waals surface area contributed by atoms with Crippen molar-refractivity contribution in [1.29, 1.82) is 0 Å². The first-order valence-electron chi connectivity index (χ1n) is 9.42. The lowest BCUT2D eigenvalue weighted by molar-refractivity contribution is -0.917. The van der Waals surface area contributed by atoms with Gasteiger partial charge in [0, 0.05) is 11.6 Å². The van der Waals surface area contributed by atoms with Crippen molar-refractivity contribution in [2.24, 2.45) is 0 Å². The Bertz CT molecular complexity index is 939. The molecule has 0 saturated carbocycles. The summed E-state index contributed by atoms with van der Waals surface area (Å²) >= 11 is 0. The smallest absolute Gasteiger partial charge is 0.243 e. The molecule has 0 aromatic heterocycles. The molecule has 2 aliphatic rings. The highest BCUT2D eigenvalue weighted by atomic mass is 32.2. The molecule has 0 bridgehead atoms. The number of benzene rings is 2. The van der Waals surface area contributed by atoms with E-state index in [9.17, 15) is 8.42 Å². The molecule has 7 nitrogen and oxygen atoms in total. The van der Waals surface area contributed by atoms with Crippen molar-refractivity contribution >= 4 is 10.0 Å². The van der Waals surface area contributed by atoms with Gasteiger partial charge in [-0.2, -0.15) is 4.31 Å². The molecular formula is C20H25N2O5S+. The molecule has 1 saturated heterocycles. The third-order valence-corrected chi connectivity index (χ3v) is 7.06. The Morgan fingerprint density at radius 1 is 1.04 bits per heavy atom. The van der Waals surface area contributed by atoms with Crippen LogP contribution in [0.25, 0.3) is 0 Å². The van der Waals surface area contributed by atoms with Crippen molar-refractivity contribution in [2.75, 3.05) is 46.5 Å². The summed E-state index contributed by atoms with van der Waals surface area (Å²) in [4.78, 5) is 1.62. The minimum Gasteiger partial charge on any atom is -0.497 e. The lowest BCUT2D eigenvalue weighted by Gasteiger charge is -2.31. The van der Waals surface area contributed by atoms with Crippen LogP contribution in [0.2, 0.25) is 0 Å². The van der Waals surface area contributed by atoms with Crippen molar-refractivity contribution in [3.63, 3.8) is 0 Å². The van der Waals surface area contributed by atoms with Crippen molar-refractivity contribution in [3.05, 3.63) is 48.0 Å². The van der Waals surface area contributed by atoms with Crippen LogP contribution in [0.15, 0.2) is 47.4 Å². The topological polar surface area (TPSA) is 69.5 Å². The van der Waals surface area contributed by atoms with Gasteiger partial charge in [0.05, 0.1) is 38.2 Å². The van der Waals surface area contributed by atoms with Gasteiger partial charge in [-0.1, -0.05) is 12.1 Å². The molecule has 0 aliphatic carbocycles. The number of sulfonamides is 1. The molecule has 0 unspecified atom stereocenters. The summed E-state index contributed by atoms with van der Waals surface area (Å²) in [6, 6.07) is 12.9. The Kier molecular flexibility index (Phi) is 5.43. The van der Waals surface area contributed by atoms with E-state index in [1.54, 1.807) is 29.6 Å². The predicted molar refractivity (Wildman–Crippen MR) is 104 cm³/mol. The SMILES string of the molecule is COc1cccc(C[NH+]2CCN(S(=O)(=O)c3ccc4c(c3)OCCO4)CC2)c1. The molecule has 2 aliphatic heterocycles. The molecule has 4 rings (SSSR count). The maximum absolute atomic E-state index is 13.0. The van der Waals surface area contributed by atoms with Gasteiger partial charge in [0.25, 0.3) is 0 Å². The lowest BCUT2D eigenvalue weighted by Crippen LogP contribution is -3.13. The van der Waals surface area contributed by atoms with Gasteiger partial charge in [0.15, 0.2) is 11.5 Å². The first-order valence-corrected chi connectivity index (χ1v) is 10.9. The molecule has 1 N–H and O–H groups in total. The Morgan fingerprint density at radius 2 is 1.79 bits per heavy atom. The van der Waals surface area contributed by atoms with E-state index in [1.165, 1.54) is 10.5 Å². The third kappa shape index (κ3) is 3.94. The van der Waals surface area contributed by atoms with Crippen LogP contribution in [0.3, 0.4) is 0 Å². The van der Waals surface area contributed by atoms with E-state index < -0.39 is 10.0 Å². The molecule has 0 radical (unpaired) electrons. The Morgan fingerprint density at radius 3 is 2.54 bits per heavy atom. The van der Waals surface area contributed by atoms with Crippen LogP contribution in [0.4, 0.5) is 0 Å². The zero-order chi connectivity index (χ0) is 19.6. The van der Waals surface area contributed by atoms with Gasteiger partial charge < -0.3 is 19.1 Å². The van der Waals surface area contributed by atoms with Gasteiger partial charge in [-0.25, -0.2) is 8.42 Å². The zero-order valence-electron chi connectivity index (χ0n) is 15.9. The van der Waals surface area contributed by atoms with Gasteiger partial charge in [-0.05, 0) is 24.3 Å². The van der Waals surface area contributed by atoms with E-state index in [4.69, 9.17) is 14.2 Å². The molecule has 0 amide bonds. The summed E-state index contributed by atoms with van der Waals surface area (Å²) in [5, 5.41) is 0. The van der Waals surface area contributed by atoms with E-state index in [0.29, 0.717) is 37.8 Å². The highest BCUT2D eigenvalue weighted by Gasteiger charge is 2.31. The first-order chi connectivity index (χ1) is 13.6. The van der Waals surface area contributed by atoms with E-state index in [2.05, 4.69) is 6.07 Å². The van der Waals surface area contributed by atoms with Crippen LogP contribution in [0, 0.1) is 0 Å². The Labute approximate surface area is 165 Å². The van der Waals surface area contributed by atoms with E-state index >= 15 is 0 Å². The molecule has 2 aromatic rings. The third-order valence-electron chi connectivity index (χ3n) is 5.17. The fraction of sp³-hybridized carbons (Fsp3) is 0.400. The number of methoxy groups -OCH3 is 1. The van der Waals surface area contributed by atoms with Crippen molar-refractivity contribution < 1.29 is 27.5 Å². The summed E-state index contributed by atoms with van der Waals surface area (Å²) in [6.07, 6.45) is 0. The second-order valence-corrected chi connectivity index (χ2v) is 8.93. The molecular weight excluding hydrogens is 380 g/mol. The van der Waals surface area contributed by atoms with Gasteiger partial charge in [0.2, 0.25) is 10.0 Å². The molecule has 2 heterocycles. The summed E-state index contributed by atoms with van der Waals surface area (Å²) in [7, 11) is -1.88. The van der Waals surface area contributed by atoms with Crippen LogP contribution < -0.4 is 19.1 Å². The maximum atomic E-state index is 13.0. The zero-order valence-corrected chi connectivity index (χ0v) is 16.7. The number of ether oxygens (including phenoxy) is 3. The monoisotopic (exact) mass is 405 g/mol. The van der Waals surface area contributed by atoms with Crippen LogP contribution >= 0.6 is 0 Å². The van der Waals surface area contributed by atoms with Gasteiger partial charge >= 0.3 is 0 Å². The molecule has 2 aromatic carbocycles. The van der Waals surface area contributed by atoms with Crippen LogP contribution in [-0.4, -0.2) is 59.2 Å². The average Bonchev–Trinajstić information content (AvgIpc) is 2.74. The highest BCUT2D eigenvalue weighted by molar-refractivity contribution is 7.89. The van der Waals surface area contributed by atoms with Crippen LogP contribution in [0.1, 0.15) is 5.56 Å². The molecule has 0 atom stereocenters. The normalized spacial score (nSPS) is 18.0. The first kappa shape index (κ1) is 19.0. The minimum atomic E-state index is -3.54. The van der Waals surface area contributed by atoms with Crippen LogP contribution in [0.5, 0.6) is 17.2 Å². The molecule has 28 heavy (non-hydrogen) atoms. The van der Waals surface area contributed by atoms with Gasteiger partial charge in [0.1, 0.15) is 25.5 Å². The number of rotatable bonds is 5. The number of piperazine rings is 1. The molecule has 150 valence electrons. The summed E-state index contributed by atoms with van der Waals surface area (Å²) in [5.41, 5.74) is 1.19. The molecule has 1 fully saturated rings. The van der Waals surface area contributed by atoms with Crippen molar-refractivity contribution in [3.8, 4) is 17.2 Å². The van der Waals surface area contributed by atoms with Crippen LogP contribution in [-0.2, 0) is 16.6 Å². The van der Waals surface area contributed by atoms with E-state index in [1.807, 2.05) is 18.2 Å². The average molecular weight is 405 g/mol. The highest BCUT2D eigenvalue weighted by Crippen LogP contribution is 2.33. The number of nitrogens with one attached hydrogen (secondary N) is 1. The second kappa shape index (κ2) is 7.98. The number of hydrogen-bond acceptors (Lipinski definition) is 5. The van der Waals surface area contributed by atoms with Gasteiger partial charge in [-0.3, -0.25) is 0 Å². The lowest BCUT2D eigenvalue weighted by atomic mass is 10.2. The number of quaternary nitrogens is 1. The maximum Gasteiger partial charge on any atom is 0.243 e. The number of fused-ring (bicyclic) bond motifs is 1. The van der Waals surface area contributed by atoms with E-state index in [-0.39, 0.29) is 4.90 Å². The summed E-state index contributed by atoms with van der Waals surface area (Å²) in [5.74, 6) is 1.93. The van der Waals surface area contributed by atoms with Gasteiger partial charge in [-0.15, -0.1) is 0 Å². The second-order valence-electron chi connectivity index (χ2n) is 6.99. The number of hydrogen-bond donors (Lipinski definition) is 1. The minimum absolute atomic E-state index is 0.257. The fourth-order valence-electron chi connectivity index (χ4n) is 3.62. The number of nitrogens with zero attached hydrogens (tertiary/aromatic N) is 1. The summed E-state index contributed by atoms with van der Waals surface area (Å²) in [6.45, 7) is 4.29. The standard InChI is InChI=1S/C20H24N2O5S/c1-25-17-4-2-3-16(13-17)15-21-7-9-22(10-8-21)28(23,24)18-5-6-19-20(14-18)27-12-11-26-19/h2-6,13-14H,7-12,15H2,1H3/p+1. The Hall–Kier alpha value is -2.29. The molecule has 8 heteroatoms. The quantitative estimate of drug-likeness (QED) is 0.787. The predicted octanol–water partition coefficient (Wildman–Crippen LogP) is 0.556. The largest absolute Gasteiger partial charge is 0.497 e. The van der Waals surface area contributed by atoms with Crippen molar-refractivity contribution in [1.82, 2.24) is 4.31 Å². The summed E-state index contributed by atoms with van der Waals surface area (Å²) < 4.78 is 43.9. The molecule has 0 spiro atoms. The van der Waals surface area contributed by atoms with E-state index in [0.717, 1.165) is 25.4 Å².